The average molecular weight is 356 g/mol. The maximum absolute atomic E-state index is 12.8. The Morgan fingerprint density at radius 1 is 1.27 bits per heavy atom. The lowest BCUT2D eigenvalue weighted by molar-refractivity contribution is -0.118. The van der Waals surface area contributed by atoms with Gasteiger partial charge in [0.05, 0.1) is 12.8 Å². The van der Waals surface area contributed by atoms with Gasteiger partial charge in [0.25, 0.3) is 5.91 Å². The number of ether oxygens (including phenoxy) is 1. The van der Waals surface area contributed by atoms with Crippen molar-refractivity contribution >= 4 is 11.8 Å². The van der Waals surface area contributed by atoms with Crippen molar-refractivity contribution in [3.63, 3.8) is 0 Å². The molecule has 1 aliphatic heterocycles. The van der Waals surface area contributed by atoms with Gasteiger partial charge in [-0.15, -0.1) is 0 Å². The van der Waals surface area contributed by atoms with Gasteiger partial charge in [0.1, 0.15) is 5.75 Å². The van der Waals surface area contributed by atoms with Crippen LogP contribution in [0.5, 0.6) is 5.75 Å². The molecule has 2 N–H and O–H groups in total. The number of aromatic nitrogens is 2. The summed E-state index contributed by atoms with van der Waals surface area (Å²) < 4.78 is 6.83. The topological polar surface area (TPSA) is 90.5 Å². The number of methoxy groups -OCH3 is 1. The summed E-state index contributed by atoms with van der Waals surface area (Å²) in [6, 6.07) is 9.22. The van der Waals surface area contributed by atoms with Gasteiger partial charge in [0.2, 0.25) is 5.91 Å². The molecule has 1 aromatic heterocycles. The number of carbonyl (C=O) groups excluding carboxylic acids is 2. The molecule has 2 heterocycles. The zero-order chi connectivity index (χ0) is 18.5. The average Bonchev–Trinajstić information content (AvgIpc) is 3.16. The quantitative estimate of drug-likeness (QED) is 0.857. The Hall–Kier alpha value is -2.83. The van der Waals surface area contributed by atoms with Gasteiger partial charge in [-0.3, -0.25) is 9.59 Å². The van der Waals surface area contributed by atoms with Crippen molar-refractivity contribution in [3.05, 3.63) is 42.2 Å². The molecule has 0 bridgehead atoms. The maximum atomic E-state index is 12.8. The van der Waals surface area contributed by atoms with E-state index in [1.807, 2.05) is 29.2 Å². The molecule has 2 amide bonds. The smallest absolute Gasteiger partial charge is 0.274 e. The first-order chi connectivity index (χ1) is 12.6. The molecule has 7 heteroatoms. The molecule has 3 rings (SSSR count). The number of hydrogen-bond acceptors (Lipinski definition) is 4. The van der Waals surface area contributed by atoms with E-state index in [0.717, 1.165) is 37.2 Å². The Balaban J connectivity index is 1.66. The van der Waals surface area contributed by atoms with Gasteiger partial charge in [0.15, 0.2) is 5.69 Å². The van der Waals surface area contributed by atoms with Gasteiger partial charge in [0, 0.05) is 25.7 Å². The lowest BCUT2D eigenvalue weighted by Crippen LogP contribution is -2.40. The summed E-state index contributed by atoms with van der Waals surface area (Å²) in [6.07, 6.45) is 4.85. The monoisotopic (exact) mass is 356 g/mol. The van der Waals surface area contributed by atoms with Crippen LogP contribution in [0.1, 0.15) is 36.2 Å². The summed E-state index contributed by atoms with van der Waals surface area (Å²) in [5, 5.41) is 4.42. The molecule has 1 atom stereocenters. The third kappa shape index (κ3) is 4.22. The summed E-state index contributed by atoms with van der Waals surface area (Å²) in [7, 11) is 1.62. The molecule has 26 heavy (non-hydrogen) atoms. The summed E-state index contributed by atoms with van der Waals surface area (Å²) in [5.74, 6) is 0.740. The van der Waals surface area contributed by atoms with Crippen molar-refractivity contribution in [2.24, 2.45) is 11.7 Å². The van der Waals surface area contributed by atoms with Crippen molar-refractivity contribution in [2.75, 3.05) is 20.2 Å². The Bertz CT molecular complexity index is 769. The number of carbonyl (C=O) groups is 2. The first-order valence-electron chi connectivity index (χ1n) is 8.84. The summed E-state index contributed by atoms with van der Waals surface area (Å²) in [6.45, 7) is 1.38. The van der Waals surface area contributed by atoms with Crippen LogP contribution >= 0.6 is 0 Å². The van der Waals surface area contributed by atoms with E-state index >= 15 is 0 Å². The fourth-order valence-electron chi connectivity index (χ4n) is 3.31. The highest BCUT2D eigenvalue weighted by atomic mass is 16.5. The number of rotatable bonds is 6. The molecule has 0 saturated carbocycles. The number of nitrogens with two attached hydrogens (primary N) is 1. The fourth-order valence-corrected chi connectivity index (χ4v) is 3.31. The predicted octanol–water partition coefficient (Wildman–Crippen LogP) is 2.00. The molecule has 1 saturated heterocycles. The molecule has 1 aliphatic rings. The van der Waals surface area contributed by atoms with Crippen LogP contribution < -0.4 is 10.5 Å². The van der Waals surface area contributed by atoms with Crippen LogP contribution in [0.15, 0.2) is 36.5 Å². The van der Waals surface area contributed by atoms with Gasteiger partial charge in [-0.05, 0) is 55.5 Å². The van der Waals surface area contributed by atoms with Crippen LogP contribution in [0.2, 0.25) is 0 Å². The first-order valence-corrected chi connectivity index (χ1v) is 8.84. The third-order valence-corrected chi connectivity index (χ3v) is 4.75. The normalized spacial score (nSPS) is 17.1. The number of amides is 2. The van der Waals surface area contributed by atoms with Crippen LogP contribution in [-0.4, -0.2) is 46.7 Å². The Morgan fingerprint density at radius 2 is 2.04 bits per heavy atom. The first kappa shape index (κ1) is 18.0. The zero-order valence-electron chi connectivity index (χ0n) is 14.9. The van der Waals surface area contributed by atoms with Crippen LogP contribution in [0, 0.1) is 5.92 Å². The molecule has 0 aliphatic carbocycles. The minimum Gasteiger partial charge on any atom is -0.497 e. The predicted molar refractivity (Wildman–Crippen MR) is 97.2 cm³/mol. The molecule has 7 nitrogen and oxygen atoms in total. The van der Waals surface area contributed by atoms with E-state index in [0.29, 0.717) is 24.6 Å². The molecule has 1 unspecified atom stereocenters. The zero-order valence-corrected chi connectivity index (χ0v) is 14.9. The lowest BCUT2D eigenvalue weighted by atomic mass is 9.93. The van der Waals surface area contributed by atoms with Gasteiger partial charge in [-0.2, -0.15) is 5.10 Å². The van der Waals surface area contributed by atoms with E-state index < -0.39 is 0 Å². The summed E-state index contributed by atoms with van der Waals surface area (Å²) >= 11 is 0. The molecular formula is C19H24N4O3. The lowest BCUT2D eigenvalue weighted by Gasteiger charge is -2.32. The van der Waals surface area contributed by atoms with E-state index in [9.17, 15) is 9.59 Å². The second-order valence-corrected chi connectivity index (χ2v) is 6.61. The fraction of sp³-hybridized carbons (Fsp3) is 0.421. The Morgan fingerprint density at radius 3 is 2.73 bits per heavy atom. The maximum Gasteiger partial charge on any atom is 0.274 e. The number of hydrogen-bond donors (Lipinski definition) is 1. The van der Waals surface area contributed by atoms with Gasteiger partial charge in [-0.25, -0.2) is 4.68 Å². The molecule has 1 fully saturated rings. The molecule has 2 aromatic rings. The van der Waals surface area contributed by atoms with E-state index in [2.05, 4.69) is 5.10 Å². The highest BCUT2D eigenvalue weighted by Crippen LogP contribution is 2.22. The molecule has 1 aromatic carbocycles. The minimum absolute atomic E-state index is 0.0685. The second-order valence-electron chi connectivity index (χ2n) is 6.61. The van der Waals surface area contributed by atoms with E-state index in [1.165, 1.54) is 0 Å². The van der Waals surface area contributed by atoms with Crippen LogP contribution in [0.3, 0.4) is 0 Å². The van der Waals surface area contributed by atoms with E-state index in [4.69, 9.17) is 10.5 Å². The van der Waals surface area contributed by atoms with Gasteiger partial charge < -0.3 is 15.4 Å². The number of likely N-dealkylation sites (tertiary alicyclic amines) is 1. The van der Waals surface area contributed by atoms with Crippen molar-refractivity contribution in [1.82, 2.24) is 14.7 Å². The highest BCUT2D eigenvalue weighted by molar-refractivity contribution is 5.92. The minimum atomic E-state index is -0.285. The van der Waals surface area contributed by atoms with Crippen molar-refractivity contribution in [2.45, 2.75) is 25.7 Å². The summed E-state index contributed by atoms with van der Waals surface area (Å²) in [4.78, 5) is 25.6. The molecule has 0 spiro atoms. The Kier molecular flexibility index (Phi) is 5.55. The van der Waals surface area contributed by atoms with Crippen molar-refractivity contribution in [3.8, 4) is 11.4 Å². The number of nitrogens with zero attached hydrogens (tertiary/aromatic N) is 3. The molecule has 0 radical (unpaired) electrons. The van der Waals surface area contributed by atoms with Crippen LogP contribution in [0.4, 0.5) is 0 Å². The van der Waals surface area contributed by atoms with Crippen LogP contribution in [-0.2, 0) is 4.79 Å². The summed E-state index contributed by atoms with van der Waals surface area (Å²) in [5.41, 5.74) is 6.52. The highest BCUT2D eigenvalue weighted by Gasteiger charge is 2.26. The largest absolute Gasteiger partial charge is 0.497 e. The number of primary amides is 1. The van der Waals surface area contributed by atoms with Gasteiger partial charge in [-0.1, -0.05) is 0 Å². The molecular weight excluding hydrogens is 332 g/mol. The third-order valence-electron chi connectivity index (χ3n) is 4.75. The Labute approximate surface area is 152 Å². The molecule has 138 valence electrons. The van der Waals surface area contributed by atoms with E-state index in [-0.39, 0.29) is 11.8 Å². The van der Waals surface area contributed by atoms with Crippen molar-refractivity contribution in [1.29, 1.82) is 0 Å². The number of piperidine rings is 1. The SMILES string of the molecule is COc1ccc(-n2ccc(C(=O)N3CCCC(CCC(N)=O)C3)n2)cc1. The standard InChI is InChI=1S/C19H24N4O3/c1-26-16-7-5-15(6-8-16)23-12-10-17(21-23)19(25)22-11-2-3-14(13-22)4-9-18(20)24/h5-8,10,12,14H,2-4,9,11,13H2,1H3,(H2,20,24). The van der Waals surface area contributed by atoms with Crippen molar-refractivity contribution < 1.29 is 14.3 Å². The van der Waals surface area contributed by atoms with E-state index in [1.54, 1.807) is 24.1 Å². The van der Waals surface area contributed by atoms with Gasteiger partial charge >= 0.3 is 0 Å². The number of benzene rings is 1. The van der Waals surface area contributed by atoms with Crippen LogP contribution in [0.25, 0.3) is 5.69 Å². The second kappa shape index (κ2) is 8.03.